The lowest BCUT2D eigenvalue weighted by Gasteiger charge is -2.03. The van der Waals surface area contributed by atoms with Gasteiger partial charge in [0.15, 0.2) is 10.3 Å². The van der Waals surface area contributed by atoms with Crippen molar-refractivity contribution < 1.29 is 4.79 Å². The molecular formula is C18H21N5OS2. The van der Waals surface area contributed by atoms with E-state index in [2.05, 4.69) is 52.5 Å². The topological polar surface area (TPSA) is 72.7 Å². The van der Waals surface area contributed by atoms with Crippen molar-refractivity contribution in [1.82, 2.24) is 19.7 Å². The van der Waals surface area contributed by atoms with Crippen molar-refractivity contribution in [2.45, 2.75) is 32.3 Å². The van der Waals surface area contributed by atoms with E-state index in [9.17, 15) is 4.79 Å². The first-order valence-electron chi connectivity index (χ1n) is 8.32. The molecule has 0 atom stereocenters. The van der Waals surface area contributed by atoms with Crippen LogP contribution in [0.5, 0.6) is 0 Å². The molecule has 2 aromatic heterocycles. The van der Waals surface area contributed by atoms with Gasteiger partial charge >= 0.3 is 0 Å². The first-order chi connectivity index (χ1) is 12.5. The van der Waals surface area contributed by atoms with Crippen molar-refractivity contribution in [3.05, 3.63) is 40.5 Å². The van der Waals surface area contributed by atoms with Crippen LogP contribution in [0.3, 0.4) is 0 Å². The van der Waals surface area contributed by atoms with Crippen LogP contribution in [0, 0.1) is 13.8 Å². The smallest absolute Gasteiger partial charge is 0.236 e. The molecule has 0 fully saturated rings. The van der Waals surface area contributed by atoms with Gasteiger partial charge in [-0.25, -0.2) is 4.98 Å². The first-order valence-corrected chi connectivity index (χ1v) is 10.2. The Morgan fingerprint density at radius 3 is 2.77 bits per heavy atom. The maximum absolute atomic E-state index is 12.2. The highest BCUT2D eigenvalue weighted by molar-refractivity contribution is 7.99. The first kappa shape index (κ1) is 18.6. The quantitative estimate of drug-likeness (QED) is 0.651. The second-order valence-electron chi connectivity index (χ2n) is 5.99. The number of carbonyl (C=O) groups excluding carboxylic acids is 1. The lowest BCUT2D eigenvalue weighted by molar-refractivity contribution is -0.113. The van der Waals surface area contributed by atoms with Crippen LogP contribution in [-0.4, -0.2) is 31.4 Å². The van der Waals surface area contributed by atoms with Crippen LogP contribution in [0.2, 0.25) is 0 Å². The zero-order valence-electron chi connectivity index (χ0n) is 15.2. The summed E-state index contributed by atoms with van der Waals surface area (Å²) in [5, 5.41) is 14.4. The maximum Gasteiger partial charge on any atom is 0.236 e. The number of benzene rings is 1. The minimum Gasteiger partial charge on any atom is -0.309 e. The lowest BCUT2D eigenvalue weighted by atomic mass is 10.1. The van der Waals surface area contributed by atoms with Crippen molar-refractivity contribution in [3.8, 4) is 11.3 Å². The standard InChI is InChI=1S/C18H21N5OS2/c1-5-15-21-22-18(23(15)4)26-10-16(24)20-17-19-14(9-25-17)13-7-6-11(2)12(3)8-13/h6-9H,5,10H2,1-4H3,(H,19,20,24). The summed E-state index contributed by atoms with van der Waals surface area (Å²) in [4.78, 5) is 16.7. The zero-order valence-corrected chi connectivity index (χ0v) is 16.9. The molecule has 26 heavy (non-hydrogen) atoms. The summed E-state index contributed by atoms with van der Waals surface area (Å²) in [7, 11) is 1.91. The summed E-state index contributed by atoms with van der Waals surface area (Å²) in [5.41, 5.74) is 4.42. The van der Waals surface area contributed by atoms with Gasteiger partial charge < -0.3 is 9.88 Å². The number of thiazole rings is 1. The normalized spacial score (nSPS) is 10.9. The highest BCUT2D eigenvalue weighted by Gasteiger charge is 2.12. The van der Waals surface area contributed by atoms with Crippen LogP contribution in [0.15, 0.2) is 28.7 Å². The van der Waals surface area contributed by atoms with E-state index in [1.807, 2.05) is 23.9 Å². The second-order valence-corrected chi connectivity index (χ2v) is 7.79. The molecule has 0 spiro atoms. The third-order valence-electron chi connectivity index (χ3n) is 4.13. The molecule has 0 saturated carbocycles. The summed E-state index contributed by atoms with van der Waals surface area (Å²) in [6.07, 6.45) is 0.816. The van der Waals surface area contributed by atoms with Gasteiger partial charge in [0.05, 0.1) is 11.4 Å². The van der Waals surface area contributed by atoms with E-state index in [0.717, 1.165) is 28.7 Å². The number of rotatable bonds is 6. The number of anilines is 1. The Balaban J connectivity index is 1.60. The van der Waals surface area contributed by atoms with Crippen molar-refractivity contribution in [2.24, 2.45) is 7.05 Å². The molecule has 1 amide bonds. The Hall–Kier alpha value is -2.19. The molecule has 0 saturated heterocycles. The Bertz CT molecular complexity index is 932. The second kappa shape index (κ2) is 8.01. The fourth-order valence-electron chi connectivity index (χ4n) is 2.43. The summed E-state index contributed by atoms with van der Waals surface area (Å²) >= 11 is 2.80. The fourth-order valence-corrected chi connectivity index (χ4v) is 3.89. The van der Waals surface area contributed by atoms with Gasteiger partial charge in [-0.05, 0) is 31.0 Å². The molecule has 3 aromatic rings. The van der Waals surface area contributed by atoms with Crippen LogP contribution in [0.25, 0.3) is 11.3 Å². The molecule has 0 bridgehead atoms. The number of nitrogens with one attached hydrogen (secondary N) is 1. The van der Waals surface area contributed by atoms with Crippen LogP contribution in [0.4, 0.5) is 5.13 Å². The largest absolute Gasteiger partial charge is 0.309 e. The van der Waals surface area contributed by atoms with Crippen LogP contribution in [-0.2, 0) is 18.3 Å². The molecule has 0 aliphatic heterocycles. The monoisotopic (exact) mass is 387 g/mol. The highest BCUT2D eigenvalue weighted by Crippen LogP contribution is 2.26. The minimum absolute atomic E-state index is 0.1000. The van der Waals surface area contributed by atoms with E-state index in [0.29, 0.717) is 5.13 Å². The molecule has 0 aliphatic rings. The Morgan fingerprint density at radius 2 is 2.08 bits per heavy atom. The highest BCUT2D eigenvalue weighted by atomic mass is 32.2. The molecule has 1 N–H and O–H groups in total. The molecule has 0 radical (unpaired) electrons. The Labute approximate surface area is 161 Å². The molecular weight excluding hydrogens is 366 g/mol. The van der Waals surface area contributed by atoms with Crippen molar-refractivity contribution >= 4 is 34.1 Å². The zero-order chi connectivity index (χ0) is 18.7. The van der Waals surface area contributed by atoms with E-state index < -0.39 is 0 Å². The van der Waals surface area contributed by atoms with E-state index in [1.165, 1.54) is 34.2 Å². The van der Waals surface area contributed by atoms with Crippen LogP contribution < -0.4 is 5.32 Å². The lowest BCUT2D eigenvalue weighted by Crippen LogP contribution is -2.14. The molecule has 136 valence electrons. The van der Waals surface area contributed by atoms with E-state index in [4.69, 9.17) is 0 Å². The van der Waals surface area contributed by atoms with Gasteiger partial charge in [-0.15, -0.1) is 21.5 Å². The third-order valence-corrected chi connectivity index (χ3v) is 5.90. The van der Waals surface area contributed by atoms with E-state index in [1.54, 1.807) is 0 Å². The van der Waals surface area contributed by atoms with E-state index in [-0.39, 0.29) is 11.7 Å². The number of aryl methyl sites for hydroxylation is 3. The number of thioether (sulfide) groups is 1. The molecule has 0 unspecified atom stereocenters. The third kappa shape index (κ3) is 4.13. The van der Waals surface area contributed by atoms with Crippen molar-refractivity contribution in [2.75, 3.05) is 11.1 Å². The van der Waals surface area contributed by atoms with Crippen molar-refractivity contribution in [3.63, 3.8) is 0 Å². The Morgan fingerprint density at radius 1 is 1.27 bits per heavy atom. The molecule has 6 nitrogen and oxygen atoms in total. The summed E-state index contributed by atoms with van der Waals surface area (Å²) in [5.74, 6) is 1.08. The SMILES string of the molecule is CCc1nnc(SCC(=O)Nc2nc(-c3ccc(C)c(C)c3)cs2)n1C. The number of aromatic nitrogens is 4. The molecule has 8 heteroatoms. The molecule has 1 aromatic carbocycles. The van der Waals surface area contributed by atoms with Crippen LogP contribution in [0.1, 0.15) is 23.9 Å². The average molecular weight is 388 g/mol. The van der Waals surface area contributed by atoms with Gasteiger partial charge in [-0.3, -0.25) is 4.79 Å². The summed E-state index contributed by atoms with van der Waals surface area (Å²) < 4.78 is 1.92. The van der Waals surface area contributed by atoms with Gasteiger partial charge in [0, 0.05) is 24.4 Å². The van der Waals surface area contributed by atoms with Gasteiger partial charge in [-0.2, -0.15) is 0 Å². The van der Waals surface area contributed by atoms with E-state index >= 15 is 0 Å². The Kier molecular flexibility index (Phi) is 5.73. The number of carbonyl (C=O) groups is 1. The number of hydrogen-bond donors (Lipinski definition) is 1. The minimum atomic E-state index is -0.1000. The summed E-state index contributed by atoms with van der Waals surface area (Å²) in [6.45, 7) is 6.20. The number of nitrogens with zero attached hydrogens (tertiary/aromatic N) is 4. The van der Waals surface area contributed by atoms with Gasteiger partial charge in [0.25, 0.3) is 0 Å². The fraction of sp³-hybridized carbons (Fsp3) is 0.333. The maximum atomic E-state index is 12.2. The van der Waals surface area contributed by atoms with Gasteiger partial charge in [0.2, 0.25) is 5.91 Å². The predicted octanol–water partition coefficient (Wildman–Crippen LogP) is 3.85. The number of hydrogen-bond acceptors (Lipinski definition) is 6. The predicted molar refractivity (Wildman–Crippen MR) is 107 cm³/mol. The molecule has 2 heterocycles. The summed E-state index contributed by atoms with van der Waals surface area (Å²) in [6, 6.07) is 6.26. The average Bonchev–Trinajstić information content (AvgIpc) is 3.22. The van der Waals surface area contributed by atoms with Crippen molar-refractivity contribution in [1.29, 1.82) is 0 Å². The molecule has 3 rings (SSSR count). The van der Waals surface area contributed by atoms with Crippen LogP contribution >= 0.6 is 23.1 Å². The van der Waals surface area contributed by atoms with Gasteiger partial charge in [0.1, 0.15) is 5.82 Å². The van der Waals surface area contributed by atoms with Gasteiger partial charge in [-0.1, -0.05) is 30.8 Å². The number of amides is 1. The molecule has 0 aliphatic carbocycles.